The summed E-state index contributed by atoms with van der Waals surface area (Å²) in [5.41, 5.74) is 1.14. The van der Waals surface area contributed by atoms with Crippen molar-refractivity contribution >= 4 is 52.5 Å². The van der Waals surface area contributed by atoms with Gasteiger partial charge in [-0.2, -0.15) is 0 Å². The van der Waals surface area contributed by atoms with Gasteiger partial charge in [-0.1, -0.05) is 35.2 Å². The zero-order chi connectivity index (χ0) is 26.3. The number of anilines is 1. The van der Waals surface area contributed by atoms with Crippen molar-refractivity contribution in [1.29, 1.82) is 0 Å². The molecule has 3 heterocycles. The van der Waals surface area contributed by atoms with Crippen LogP contribution in [-0.2, 0) is 19.2 Å². The Labute approximate surface area is 217 Å². The minimum Gasteiger partial charge on any atom is -0.508 e. The third kappa shape index (κ3) is 4.82. The molecule has 1 saturated heterocycles. The van der Waals surface area contributed by atoms with Crippen LogP contribution in [0.5, 0.6) is 11.5 Å². The van der Waals surface area contributed by atoms with Gasteiger partial charge in [0, 0.05) is 16.5 Å². The molecule has 1 fully saturated rings. The van der Waals surface area contributed by atoms with Crippen LogP contribution in [0.15, 0.2) is 58.4 Å². The number of aromatic hydroxyl groups is 1. The number of aromatic nitrogens is 1. The number of benzene rings is 2. The molecule has 0 radical (unpaired) electrons. The highest BCUT2D eigenvalue weighted by Gasteiger charge is 2.56. The maximum Gasteiger partial charge on any atom is 0.323 e. The van der Waals surface area contributed by atoms with E-state index in [9.17, 15) is 29.1 Å². The fourth-order valence-corrected chi connectivity index (χ4v) is 6.92. The predicted octanol–water partition coefficient (Wildman–Crippen LogP) is 1.84. The van der Waals surface area contributed by atoms with E-state index in [1.807, 2.05) is 0 Å². The molecule has 2 aliphatic heterocycles. The van der Waals surface area contributed by atoms with Crippen molar-refractivity contribution in [3.63, 3.8) is 0 Å². The third-order valence-electron chi connectivity index (χ3n) is 5.97. The lowest BCUT2D eigenvalue weighted by atomic mass is 9.83. The SMILES string of the molecule is O=C(O)CN1C(=O)C2Sc3[nH]c(=O)sc3[C@@H](c3ccc(OCC(=O)Nc4ccc(O)cc4)cc3)C2C1=O. The highest BCUT2D eigenvalue weighted by atomic mass is 32.2. The standard InChI is InChI=1S/C24H19N3O8S2/c28-13-5-3-12(4-6-13)25-15(29)10-35-14-7-1-11(2-8-14)17-18-20(36-21-19(17)37-24(34)26-21)23(33)27(22(18)32)9-16(30)31/h1-8,17-18,20,28H,9-10H2,(H,25,29)(H,26,34)(H,30,31)/t17-,18?,20?/m0/s1. The van der Waals surface area contributed by atoms with Gasteiger partial charge in [-0.05, 0) is 42.0 Å². The average molecular weight is 542 g/mol. The number of aromatic amines is 1. The summed E-state index contributed by atoms with van der Waals surface area (Å²) in [4.78, 5) is 65.3. The van der Waals surface area contributed by atoms with Crippen molar-refractivity contribution < 1.29 is 34.1 Å². The summed E-state index contributed by atoms with van der Waals surface area (Å²) < 4.78 is 5.55. The highest BCUT2D eigenvalue weighted by Crippen LogP contribution is 2.52. The van der Waals surface area contributed by atoms with Crippen LogP contribution >= 0.6 is 23.1 Å². The number of rotatable bonds is 7. The number of amides is 3. The number of imide groups is 1. The summed E-state index contributed by atoms with van der Waals surface area (Å²) >= 11 is 2.02. The minimum atomic E-state index is -1.29. The summed E-state index contributed by atoms with van der Waals surface area (Å²) in [7, 11) is 0. The Hall–Kier alpha value is -4.10. The summed E-state index contributed by atoms with van der Waals surface area (Å²) in [5.74, 6) is -3.91. The molecular weight excluding hydrogens is 522 g/mol. The number of phenolic OH excluding ortho intramolecular Hbond substituents is 1. The van der Waals surface area contributed by atoms with Gasteiger partial charge in [0.1, 0.15) is 23.3 Å². The van der Waals surface area contributed by atoms with Crippen molar-refractivity contribution in [1.82, 2.24) is 9.88 Å². The molecule has 2 aromatic carbocycles. The Bertz CT molecular complexity index is 1450. The maximum absolute atomic E-state index is 13.2. The van der Waals surface area contributed by atoms with Crippen LogP contribution in [0.4, 0.5) is 5.69 Å². The molecule has 2 unspecified atom stereocenters. The van der Waals surface area contributed by atoms with E-state index < -0.39 is 47.3 Å². The van der Waals surface area contributed by atoms with Crippen molar-refractivity contribution in [2.24, 2.45) is 5.92 Å². The molecule has 37 heavy (non-hydrogen) atoms. The van der Waals surface area contributed by atoms with Crippen LogP contribution in [0, 0.1) is 5.92 Å². The molecule has 190 valence electrons. The third-order valence-corrected chi connectivity index (χ3v) is 8.37. The summed E-state index contributed by atoms with van der Waals surface area (Å²) in [5, 5.41) is 20.8. The van der Waals surface area contributed by atoms with Gasteiger partial charge in [0.25, 0.3) is 5.91 Å². The van der Waals surface area contributed by atoms with Gasteiger partial charge in [0.2, 0.25) is 11.8 Å². The molecule has 11 nitrogen and oxygen atoms in total. The zero-order valence-electron chi connectivity index (χ0n) is 18.9. The second-order valence-corrected chi connectivity index (χ2v) is 10.5. The first-order valence-corrected chi connectivity index (χ1v) is 12.7. The number of H-pyrrole nitrogens is 1. The van der Waals surface area contributed by atoms with E-state index in [1.165, 1.54) is 12.1 Å². The Balaban J connectivity index is 1.35. The Morgan fingerprint density at radius 3 is 2.41 bits per heavy atom. The normalized spacial score (nSPS) is 20.3. The van der Waals surface area contributed by atoms with Crippen molar-refractivity contribution in [3.05, 3.63) is 68.6 Å². The molecule has 2 aliphatic rings. The molecule has 1 aromatic heterocycles. The first-order valence-electron chi connectivity index (χ1n) is 11.0. The molecule has 5 rings (SSSR count). The molecule has 0 saturated carbocycles. The second kappa shape index (κ2) is 9.75. The van der Waals surface area contributed by atoms with Crippen molar-refractivity contribution in [3.8, 4) is 11.5 Å². The number of ether oxygens (including phenoxy) is 1. The molecular formula is C24H19N3O8S2. The van der Waals surface area contributed by atoms with Crippen LogP contribution in [0.1, 0.15) is 16.4 Å². The monoisotopic (exact) mass is 541 g/mol. The van der Waals surface area contributed by atoms with Gasteiger partial charge >= 0.3 is 10.8 Å². The summed E-state index contributed by atoms with van der Waals surface area (Å²) in [6, 6.07) is 12.6. The molecule has 3 atom stereocenters. The van der Waals surface area contributed by atoms with Crippen LogP contribution in [0.2, 0.25) is 0 Å². The van der Waals surface area contributed by atoms with Gasteiger partial charge in [-0.25, -0.2) is 0 Å². The van der Waals surface area contributed by atoms with E-state index in [2.05, 4.69) is 10.3 Å². The molecule has 13 heteroatoms. The van der Waals surface area contributed by atoms with Gasteiger partial charge in [-0.15, -0.1) is 0 Å². The van der Waals surface area contributed by atoms with Crippen LogP contribution in [0.25, 0.3) is 0 Å². The topological polar surface area (TPSA) is 166 Å². The number of carboxylic acids is 1. The van der Waals surface area contributed by atoms with Gasteiger partial charge in [0.05, 0.1) is 10.9 Å². The number of nitrogens with zero attached hydrogens (tertiary/aromatic N) is 1. The molecule has 0 aliphatic carbocycles. The van der Waals surface area contributed by atoms with Crippen LogP contribution < -0.4 is 14.9 Å². The first-order chi connectivity index (χ1) is 17.7. The van der Waals surface area contributed by atoms with E-state index in [4.69, 9.17) is 9.84 Å². The lowest BCUT2D eigenvalue weighted by Gasteiger charge is -2.29. The number of fused-ring (bicyclic) bond motifs is 2. The maximum atomic E-state index is 13.2. The number of likely N-dealkylation sites (tertiary alicyclic amines) is 1. The minimum absolute atomic E-state index is 0.0783. The molecule has 4 N–H and O–H groups in total. The lowest BCUT2D eigenvalue weighted by molar-refractivity contribution is -0.149. The number of thiazole rings is 1. The fourth-order valence-electron chi connectivity index (χ4n) is 4.39. The van der Waals surface area contributed by atoms with E-state index in [0.29, 0.717) is 26.9 Å². The molecule has 0 spiro atoms. The Morgan fingerprint density at radius 2 is 1.73 bits per heavy atom. The van der Waals surface area contributed by atoms with Gasteiger partial charge in [-0.3, -0.25) is 28.9 Å². The van der Waals surface area contributed by atoms with Crippen LogP contribution in [0.3, 0.4) is 0 Å². The smallest absolute Gasteiger partial charge is 0.323 e. The van der Waals surface area contributed by atoms with Crippen molar-refractivity contribution in [2.75, 3.05) is 18.5 Å². The summed E-state index contributed by atoms with van der Waals surface area (Å²) in [6.45, 7) is -0.993. The van der Waals surface area contributed by atoms with Crippen LogP contribution in [-0.4, -0.2) is 62.2 Å². The Kier molecular flexibility index (Phi) is 6.48. The van der Waals surface area contributed by atoms with E-state index in [0.717, 1.165) is 28.0 Å². The number of carboxylic acid groups (broad SMARTS) is 1. The number of phenols is 1. The van der Waals surface area contributed by atoms with E-state index >= 15 is 0 Å². The lowest BCUT2D eigenvalue weighted by Crippen LogP contribution is -2.36. The Morgan fingerprint density at radius 1 is 1.03 bits per heavy atom. The fraction of sp³-hybridized carbons (Fsp3) is 0.208. The average Bonchev–Trinajstić information content (AvgIpc) is 3.35. The van der Waals surface area contributed by atoms with E-state index in [-0.39, 0.29) is 17.2 Å². The van der Waals surface area contributed by atoms with Gasteiger partial charge < -0.3 is 25.3 Å². The largest absolute Gasteiger partial charge is 0.508 e. The number of aliphatic carboxylic acids is 1. The number of thioether (sulfide) groups is 1. The number of hydrogen-bond acceptors (Lipinski definition) is 9. The molecule has 0 bridgehead atoms. The number of carbonyl (C=O) groups is 4. The number of nitrogens with one attached hydrogen (secondary N) is 2. The van der Waals surface area contributed by atoms with E-state index in [1.54, 1.807) is 36.4 Å². The molecule has 3 aromatic rings. The van der Waals surface area contributed by atoms with Gasteiger partial charge in [0.15, 0.2) is 6.61 Å². The number of carbonyl (C=O) groups excluding carboxylic acids is 3. The predicted molar refractivity (Wildman–Crippen MR) is 133 cm³/mol. The molecule has 3 amide bonds. The highest BCUT2D eigenvalue weighted by molar-refractivity contribution is 8.00. The first kappa shape index (κ1) is 24.6. The quantitative estimate of drug-likeness (QED) is 0.258. The van der Waals surface area contributed by atoms with Crippen molar-refractivity contribution in [2.45, 2.75) is 16.2 Å². The summed E-state index contributed by atoms with van der Waals surface area (Å²) in [6.07, 6.45) is 0. The second-order valence-electron chi connectivity index (χ2n) is 8.36. The zero-order valence-corrected chi connectivity index (χ0v) is 20.5. The number of hydrogen-bond donors (Lipinski definition) is 4.